The number of guanidine groups is 1. The van der Waals surface area contributed by atoms with Gasteiger partial charge in [-0.25, -0.2) is 4.39 Å². The zero-order valence-electron chi connectivity index (χ0n) is 11.3. The van der Waals surface area contributed by atoms with Gasteiger partial charge in [-0.1, -0.05) is 24.3 Å². The topological polar surface area (TPSA) is 41.6 Å². The van der Waals surface area contributed by atoms with Gasteiger partial charge in [0.15, 0.2) is 5.96 Å². The number of rotatable bonds is 2. The average Bonchev–Trinajstić information content (AvgIpc) is 2.81. The van der Waals surface area contributed by atoms with Crippen LogP contribution < -0.4 is 10.6 Å². The van der Waals surface area contributed by atoms with E-state index < -0.39 is 0 Å². The quantitative estimate of drug-likeness (QED) is 0.910. The molecule has 2 aromatic rings. The zero-order valence-corrected chi connectivity index (χ0v) is 11.3. The van der Waals surface area contributed by atoms with E-state index in [0.29, 0.717) is 12.5 Å². The molecule has 0 aromatic heterocycles. The summed E-state index contributed by atoms with van der Waals surface area (Å²) < 4.78 is 13.1. The first-order chi connectivity index (χ1) is 9.65. The van der Waals surface area contributed by atoms with Crippen LogP contribution in [0, 0.1) is 12.7 Å². The second kappa shape index (κ2) is 4.96. The highest BCUT2D eigenvalue weighted by atomic mass is 19.1. The Hall–Kier alpha value is -2.36. The SMILES string of the molecule is Cc1cccc(N2C(N)=NCC2c2ccc(F)cc2)c1. The summed E-state index contributed by atoms with van der Waals surface area (Å²) in [5, 5.41) is 0. The summed E-state index contributed by atoms with van der Waals surface area (Å²) in [6, 6.07) is 14.7. The number of hydrogen-bond acceptors (Lipinski definition) is 3. The van der Waals surface area contributed by atoms with Gasteiger partial charge in [-0.3, -0.25) is 4.99 Å². The minimum Gasteiger partial charge on any atom is -0.369 e. The molecule has 4 heteroatoms. The lowest BCUT2D eigenvalue weighted by molar-refractivity contribution is 0.625. The van der Waals surface area contributed by atoms with E-state index >= 15 is 0 Å². The molecule has 3 rings (SSSR count). The van der Waals surface area contributed by atoms with Crippen molar-refractivity contribution in [2.24, 2.45) is 10.7 Å². The fraction of sp³-hybridized carbons (Fsp3) is 0.188. The lowest BCUT2D eigenvalue weighted by atomic mass is 10.1. The summed E-state index contributed by atoms with van der Waals surface area (Å²) in [7, 11) is 0. The van der Waals surface area contributed by atoms with Crippen LogP contribution in [0.2, 0.25) is 0 Å². The molecule has 0 aliphatic carbocycles. The van der Waals surface area contributed by atoms with Gasteiger partial charge in [0.25, 0.3) is 0 Å². The first kappa shape index (κ1) is 12.7. The number of nitrogens with two attached hydrogens (primary N) is 1. The Kier molecular flexibility index (Phi) is 3.14. The maximum absolute atomic E-state index is 13.1. The zero-order chi connectivity index (χ0) is 14.1. The Labute approximate surface area is 117 Å². The van der Waals surface area contributed by atoms with E-state index in [1.165, 1.54) is 17.7 Å². The third-order valence-corrected chi connectivity index (χ3v) is 3.52. The van der Waals surface area contributed by atoms with Crippen LogP contribution in [0.25, 0.3) is 0 Å². The van der Waals surface area contributed by atoms with Crippen LogP contribution in [0.3, 0.4) is 0 Å². The molecule has 2 N–H and O–H groups in total. The molecule has 1 aliphatic heterocycles. The third-order valence-electron chi connectivity index (χ3n) is 3.52. The van der Waals surface area contributed by atoms with E-state index in [1.807, 2.05) is 30.0 Å². The summed E-state index contributed by atoms with van der Waals surface area (Å²) in [6.45, 7) is 2.63. The second-order valence-corrected chi connectivity index (χ2v) is 4.98. The van der Waals surface area contributed by atoms with E-state index in [0.717, 1.165) is 11.3 Å². The second-order valence-electron chi connectivity index (χ2n) is 4.98. The summed E-state index contributed by atoms with van der Waals surface area (Å²) in [4.78, 5) is 6.33. The average molecular weight is 269 g/mol. The maximum Gasteiger partial charge on any atom is 0.196 e. The molecular formula is C16H16FN3. The van der Waals surface area contributed by atoms with Crippen LogP contribution in [0.4, 0.5) is 10.1 Å². The minimum absolute atomic E-state index is 0.0254. The molecule has 1 aliphatic rings. The highest BCUT2D eigenvalue weighted by Crippen LogP contribution is 2.31. The van der Waals surface area contributed by atoms with Crippen LogP contribution in [-0.2, 0) is 0 Å². The molecule has 3 nitrogen and oxygen atoms in total. The summed E-state index contributed by atoms with van der Waals surface area (Å²) in [5.41, 5.74) is 9.21. The first-order valence-electron chi connectivity index (χ1n) is 6.56. The van der Waals surface area contributed by atoms with Crippen molar-refractivity contribution in [2.75, 3.05) is 11.4 Å². The van der Waals surface area contributed by atoms with Crippen molar-refractivity contribution < 1.29 is 4.39 Å². The van der Waals surface area contributed by atoms with Gasteiger partial charge in [-0.05, 0) is 42.3 Å². The Balaban J connectivity index is 1.98. The molecule has 0 spiro atoms. The minimum atomic E-state index is -0.234. The number of benzene rings is 2. The predicted octanol–water partition coefficient (Wildman–Crippen LogP) is 3.01. The molecule has 1 unspecified atom stereocenters. The van der Waals surface area contributed by atoms with Crippen molar-refractivity contribution in [2.45, 2.75) is 13.0 Å². The van der Waals surface area contributed by atoms with Gasteiger partial charge in [0.2, 0.25) is 0 Å². The van der Waals surface area contributed by atoms with Crippen molar-refractivity contribution in [3.8, 4) is 0 Å². The van der Waals surface area contributed by atoms with Gasteiger partial charge in [0.1, 0.15) is 5.82 Å². The molecular weight excluding hydrogens is 253 g/mol. The van der Waals surface area contributed by atoms with E-state index in [2.05, 4.69) is 11.1 Å². The molecule has 0 saturated carbocycles. The van der Waals surface area contributed by atoms with Crippen LogP contribution in [0.1, 0.15) is 17.2 Å². The monoisotopic (exact) mass is 269 g/mol. The highest BCUT2D eigenvalue weighted by Gasteiger charge is 2.28. The van der Waals surface area contributed by atoms with E-state index in [1.54, 1.807) is 12.1 Å². The van der Waals surface area contributed by atoms with Crippen molar-refractivity contribution in [3.05, 3.63) is 65.5 Å². The van der Waals surface area contributed by atoms with E-state index in [4.69, 9.17) is 5.73 Å². The van der Waals surface area contributed by atoms with Crippen LogP contribution >= 0.6 is 0 Å². The smallest absolute Gasteiger partial charge is 0.196 e. The van der Waals surface area contributed by atoms with Crippen LogP contribution in [0.5, 0.6) is 0 Å². The molecule has 0 fully saturated rings. The van der Waals surface area contributed by atoms with E-state index in [-0.39, 0.29) is 11.9 Å². The molecule has 1 heterocycles. The lowest BCUT2D eigenvalue weighted by Crippen LogP contribution is -2.36. The molecule has 102 valence electrons. The standard InChI is InChI=1S/C16H16FN3/c1-11-3-2-4-14(9-11)20-15(10-19-16(20)18)12-5-7-13(17)8-6-12/h2-9,15H,10H2,1H3,(H2,18,19). The van der Waals surface area contributed by atoms with Crippen LogP contribution in [0.15, 0.2) is 53.5 Å². The number of halogens is 1. The molecule has 2 aromatic carbocycles. The molecule has 0 radical (unpaired) electrons. The predicted molar refractivity (Wildman–Crippen MR) is 79.3 cm³/mol. The Morgan fingerprint density at radius 1 is 1.20 bits per heavy atom. The van der Waals surface area contributed by atoms with E-state index in [9.17, 15) is 4.39 Å². The fourth-order valence-corrected chi connectivity index (χ4v) is 2.53. The summed E-state index contributed by atoms with van der Waals surface area (Å²) in [5.74, 6) is 0.271. The lowest BCUT2D eigenvalue weighted by Gasteiger charge is -2.27. The number of anilines is 1. The van der Waals surface area contributed by atoms with Gasteiger partial charge in [-0.2, -0.15) is 0 Å². The molecule has 0 saturated heterocycles. The number of aliphatic imine (C=N–C) groups is 1. The number of nitrogens with zero attached hydrogens (tertiary/aromatic N) is 2. The van der Waals surface area contributed by atoms with Gasteiger partial charge in [-0.15, -0.1) is 0 Å². The normalized spacial score (nSPS) is 18.2. The van der Waals surface area contributed by atoms with Gasteiger partial charge in [0, 0.05) is 5.69 Å². The highest BCUT2D eigenvalue weighted by molar-refractivity contribution is 5.97. The van der Waals surface area contributed by atoms with Gasteiger partial charge >= 0.3 is 0 Å². The third kappa shape index (κ3) is 2.25. The number of hydrogen-bond donors (Lipinski definition) is 1. The number of aryl methyl sites for hydroxylation is 1. The largest absolute Gasteiger partial charge is 0.369 e. The van der Waals surface area contributed by atoms with Crippen molar-refractivity contribution >= 4 is 11.6 Å². The maximum atomic E-state index is 13.1. The molecule has 20 heavy (non-hydrogen) atoms. The van der Waals surface area contributed by atoms with Crippen molar-refractivity contribution in [1.29, 1.82) is 0 Å². The van der Waals surface area contributed by atoms with Crippen molar-refractivity contribution in [1.82, 2.24) is 0 Å². The molecule has 0 amide bonds. The van der Waals surface area contributed by atoms with Gasteiger partial charge < -0.3 is 10.6 Å². The van der Waals surface area contributed by atoms with Crippen LogP contribution in [-0.4, -0.2) is 12.5 Å². The van der Waals surface area contributed by atoms with Gasteiger partial charge in [0.05, 0.1) is 12.6 Å². The molecule has 1 atom stereocenters. The summed E-state index contributed by atoms with van der Waals surface area (Å²) >= 11 is 0. The molecule has 0 bridgehead atoms. The Morgan fingerprint density at radius 3 is 2.65 bits per heavy atom. The Morgan fingerprint density at radius 2 is 1.95 bits per heavy atom. The first-order valence-corrected chi connectivity index (χ1v) is 6.56. The summed E-state index contributed by atoms with van der Waals surface area (Å²) in [6.07, 6.45) is 0. The fourth-order valence-electron chi connectivity index (χ4n) is 2.53. The Bertz CT molecular complexity index is 649. The van der Waals surface area contributed by atoms with Crippen molar-refractivity contribution in [3.63, 3.8) is 0 Å².